The van der Waals surface area contributed by atoms with Gasteiger partial charge >= 0.3 is 0 Å². The van der Waals surface area contributed by atoms with Crippen molar-refractivity contribution in [2.45, 2.75) is 26.4 Å². The molecule has 27 heavy (non-hydrogen) atoms. The largest absolute Gasteiger partial charge is 0.497 e. The van der Waals surface area contributed by atoms with Crippen LogP contribution in [0.4, 0.5) is 0 Å². The van der Waals surface area contributed by atoms with Crippen LogP contribution in [-0.2, 0) is 22.6 Å². The quantitative estimate of drug-likeness (QED) is 0.345. The van der Waals surface area contributed by atoms with E-state index in [1.807, 2.05) is 0 Å². The van der Waals surface area contributed by atoms with Crippen LogP contribution in [-0.4, -0.2) is 45.4 Å². The highest BCUT2D eigenvalue weighted by Gasteiger charge is 2.23. The highest BCUT2D eigenvalue weighted by Crippen LogP contribution is 2.32. The highest BCUT2D eigenvalue weighted by atomic mass is 16.5. The molecule has 5 nitrogen and oxygen atoms in total. The molecule has 0 radical (unpaired) electrons. The molecule has 0 amide bonds. The summed E-state index contributed by atoms with van der Waals surface area (Å²) in [5.74, 6) is 2.23. The van der Waals surface area contributed by atoms with Crippen LogP contribution in [0.1, 0.15) is 24.5 Å². The van der Waals surface area contributed by atoms with Gasteiger partial charge in [0.25, 0.3) is 0 Å². The summed E-state index contributed by atoms with van der Waals surface area (Å²) < 4.78 is 16.6. The molecule has 1 N–H and O–H groups in total. The number of hydrogen-bond donors (Lipinski definition) is 1. The second-order valence-electron chi connectivity index (χ2n) is 6.58. The molecule has 0 saturated heterocycles. The van der Waals surface area contributed by atoms with Crippen molar-refractivity contribution in [3.8, 4) is 5.75 Å². The summed E-state index contributed by atoms with van der Waals surface area (Å²) in [5.41, 5.74) is 3.49. The molecule has 1 aliphatic heterocycles. The Kier molecular flexibility index (Phi) is 8.43. The first kappa shape index (κ1) is 21.1. The molecular formula is C22H32N2O3. The van der Waals surface area contributed by atoms with Crippen LogP contribution in [0, 0.1) is 0 Å². The van der Waals surface area contributed by atoms with Gasteiger partial charge < -0.3 is 19.5 Å². The number of ether oxygens (including phenoxy) is 3. The predicted octanol–water partition coefficient (Wildman–Crippen LogP) is 3.63. The van der Waals surface area contributed by atoms with Crippen molar-refractivity contribution >= 4 is 0 Å². The van der Waals surface area contributed by atoms with Gasteiger partial charge in [0.05, 0.1) is 20.8 Å². The van der Waals surface area contributed by atoms with Crippen LogP contribution in [0.3, 0.4) is 0 Å². The van der Waals surface area contributed by atoms with E-state index in [0.29, 0.717) is 18.1 Å². The molecule has 0 saturated carbocycles. The van der Waals surface area contributed by atoms with Crippen LogP contribution in [0.5, 0.6) is 5.75 Å². The molecule has 148 valence electrons. The molecule has 1 aromatic carbocycles. The van der Waals surface area contributed by atoms with E-state index in [-0.39, 0.29) is 0 Å². The number of nitrogens with zero attached hydrogens (tertiary/aromatic N) is 1. The molecular weight excluding hydrogens is 340 g/mol. The third-order valence-corrected chi connectivity index (χ3v) is 4.55. The van der Waals surface area contributed by atoms with Crippen LogP contribution in [0.25, 0.3) is 0 Å². The number of hydrogen-bond acceptors (Lipinski definition) is 5. The summed E-state index contributed by atoms with van der Waals surface area (Å²) in [6, 6.07) is 6.30. The fourth-order valence-electron chi connectivity index (χ4n) is 3.12. The van der Waals surface area contributed by atoms with E-state index in [4.69, 9.17) is 14.2 Å². The van der Waals surface area contributed by atoms with Gasteiger partial charge in [0.1, 0.15) is 17.3 Å². The summed E-state index contributed by atoms with van der Waals surface area (Å²) in [4.78, 5) is 2.33. The number of nitrogens with one attached hydrogen (secondary N) is 1. The van der Waals surface area contributed by atoms with E-state index in [2.05, 4.69) is 48.5 Å². The third kappa shape index (κ3) is 6.15. The Bertz CT molecular complexity index is 682. The highest BCUT2D eigenvalue weighted by molar-refractivity contribution is 5.43. The Morgan fingerprint density at radius 1 is 1.22 bits per heavy atom. The average molecular weight is 373 g/mol. The van der Waals surface area contributed by atoms with E-state index < -0.39 is 0 Å². The van der Waals surface area contributed by atoms with Crippen molar-refractivity contribution in [1.82, 2.24) is 10.2 Å². The van der Waals surface area contributed by atoms with E-state index in [9.17, 15) is 0 Å². The number of allylic oxidation sites excluding steroid dienone is 1. The molecule has 5 heteroatoms. The van der Waals surface area contributed by atoms with Gasteiger partial charge in [-0.15, -0.1) is 0 Å². The van der Waals surface area contributed by atoms with E-state index in [1.165, 1.54) is 11.1 Å². The third-order valence-electron chi connectivity index (χ3n) is 4.55. The van der Waals surface area contributed by atoms with Gasteiger partial charge in [0.2, 0.25) is 0 Å². The fraction of sp³-hybridized carbons (Fsp3) is 0.455. The minimum absolute atomic E-state index is 0.547. The van der Waals surface area contributed by atoms with Crippen molar-refractivity contribution < 1.29 is 14.2 Å². The molecule has 0 aromatic heterocycles. The van der Waals surface area contributed by atoms with Gasteiger partial charge in [-0.25, -0.2) is 0 Å². The van der Waals surface area contributed by atoms with E-state index >= 15 is 0 Å². The fourth-order valence-corrected chi connectivity index (χ4v) is 3.12. The summed E-state index contributed by atoms with van der Waals surface area (Å²) in [6.07, 6.45) is 2.77. The maximum absolute atomic E-state index is 6.03. The van der Waals surface area contributed by atoms with Gasteiger partial charge in [-0.3, -0.25) is 4.90 Å². The second-order valence-corrected chi connectivity index (χ2v) is 6.58. The first-order valence-electron chi connectivity index (χ1n) is 9.42. The Labute approximate surface area is 163 Å². The van der Waals surface area contributed by atoms with Crippen LogP contribution in [0.15, 0.2) is 54.5 Å². The lowest BCUT2D eigenvalue weighted by atomic mass is 10.1. The molecule has 0 spiro atoms. The van der Waals surface area contributed by atoms with Gasteiger partial charge in [-0.2, -0.15) is 0 Å². The molecule has 0 fully saturated rings. The molecule has 1 aromatic rings. The summed E-state index contributed by atoms with van der Waals surface area (Å²) >= 11 is 0. The van der Waals surface area contributed by atoms with Gasteiger partial charge in [-0.05, 0) is 31.1 Å². The van der Waals surface area contributed by atoms with Gasteiger partial charge in [0, 0.05) is 36.8 Å². The Morgan fingerprint density at radius 3 is 2.74 bits per heavy atom. The summed E-state index contributed by atoms with van der Waals surface area (Å²) in [6.45, 7) is 15.2. The molecule has 1 heterocycles. The average Bonchev–Trinajstić information content (AvgIpc) is 3.08. The normalized spacial score (nSPS) is 14.0. The first-order valence-corrected chi connectivity index (χ1v) is 9.42. The lowest BCUT2D eigenvalue weighted by molar-refractivity contribution is 0.261. The Balaban J connectivity index is 1.95. The second kappa shape index (κ2) is 10.8. The zero-order valence-corrected chi connectivity index (χ0v) is 16.8. The smallest absolute Gasteiger partial charge is 0.126 e. The first-order chi connectivity index (χ1) is 13.1. The minimum atomic E-state index is 0.547. The topological polar surface area (TPSA) is 43.0 Å². The van der Waals surface area contributed by atoms with Gasteiger partial charge in [0.15, 0.2) is 0 Å². The Hall–Kier alpha value is -2.24. The maximum atomic E-state index is 6.03. The van der Waals surface area contributed by atoms with Crippen molar-refractivity contribution in [2.24, 2.45) is 0 Å². The summed E-state index contributed by atoms with van der Waals surface area (Å²) in [7, 11) is 3.23. The van der Waals surface area contributed by atoms with Crippen molar-refractivity contribution in [3.05, 3.63) is 65.7 Å². The number of rotatable bonds is 12. The standard InChI is InChI=1S/C22H32N2O3/c1-6-23-11-8-12-27-21-10-7-9-19-15-24(16-20(19)21)14-17(2)22(26-5)13-18(3)25-4/h7,9-10,13,23H,2-3,6,8,11-12,14-16H2,1,4-5H3. The van der Waals surface area contributed by atoms with Crippen molar-refractivity contribution in [3.63, 3.8) is 0 Å². The molecule has 1 aliphatic rings. The lowest BCUT2D eigenvalue weighted by Gasteiger charge is -2.18. The van der Waals surface area contributed by atoms with E-state index in [0.717, 1.165) is 50.5 Å². The van der Waals surface area contributed by atoms with Crippen LogP contribution >= 0.6 is 0 Å². The number of methoxy groups -OCH3 is 2. The molecule has 0 unspecified atom stereocenters. The van der Waals surface area contributed by atoms with Crippen LogP contribution in [0.2, 0.25) is 0 Å². The monoisotopic (exact) mass is 372 g/mol. The number of benzene rings is 1. The van der Waals surface area contributed by atoms with Crippen LogP contribution < -0.4 is 10.1 Å². The van der Waals surface area contributed by atoms with Crippen molar-refractivity contribution in [2.75, 3.05) is 40.5 Å². The maximum Gasteiger partial charge on any atom is 0.126 e. The summed E-state index contributed by atoms with van der Waals surface area (Å²) in [5, 5.41) is 3.32. The Morgan fingerprint density at radius 2 is 2.04 bits per heavy atom. The minimum Gasteiger partial charge on any atom is -0.497 e. The van der Waals surface area contributed by atoms with Gasteiger partial charge in [-0.1, -0.05) is 32.2 Å². The molecule has 0 bridgehead atoms. The molecule has 2 rings (SSSR count). The molecule has 0 atom stereocenters. The zero-order valence-electron chi connectivity index (χ0n) is 16.8. The number of fused-ring (bicyclic) bond motifs is 1. The zero-order chi connectivity index (χ0) is 19.6. The van der Waals surface area contributed by atoms with E-state index in [1.54, 1.807) is 20.3 Å². The SMILES string of the molecule is C=C(C=C(OC)C(=C)CN1Cc2cccc(OCCCNCC)c2C1)OC. The van der Waals surface area contributed by atoms with Crippen molar-refractivity contribution in [1.29, 1.82) is 0 Å². The predicted molar refractivity (Wildman–Crippen MR) is 110 cm³/mol. The lowest BCUT2D eigenvalue weighted by Crippen LogP contribution is -2.20. The molecule has 0 aliphatic carbocycles.